The third-order valence-electron chi connectivity index (χ3n) is 4.49. The van der Waals surface area contributed by atoms with E-state index in [2.05, 4.69) is 15.4 Å². The highest BCUT2D eigenvalue weighted by molar-refractivity contribution is 6.04. The number of anilines is 1. The number of ether oxygens (including phenoxy) is 2. The van der Waals surface area contributed by atoms with E-state index in [0.29, 0.717) is 48.1 Å². The average Bonchev–Trinajstić information content (AvgIpc) is 3.25. The first-order valence-corrected chi connectivity index (χ1v) is 9.12. The zero-order valence-corrected chi connectivity index (χ0v) is 16.9. The number of primary amides is 1. The van der Waals surface area contributed by atoms with Crippen LogP contribution in [0.25, 0.3) is 11.0 Å². The van der Waals surface area contributed by atoms with Gasteiger partial charge in [-0.05, 0) is 32.0 Å². The van der Waals surface area contributed by atoms with Crippen LogP contribution in [0.4, 0.5) is 5.95 Å². The Hall–Kier alpha value is -3.40. The van der Waals surface area contributed by atoms with Crippen molar-refractivity contribution in [1.29, 1.82) is 0 Å². The number of carbonyl (C=O) groups excluding carboxylic acids is 2. The van der Waals surface area contributed by atoms with Crippen LogP contribution in [0.2, 0.25) is 0 Å². The van der Waals surface area contributed by atoms with Crippen LogP contribution in [0, 0.1) is 6.92 Å². The van der Waals surface area contributed by atoms with Crippen molar-refractivity contribution >= 4 is 28.8 Å². The number of methoxy groups -OCH3 is 2. The molecule has 1 aromatic carbocycles. The van der Waals surface area contributed by atoms with Gasteiger partial charge >= 0.3 is 0 Å². The number of aromatic nitrogens is 4. The lowest BCUT2D eigenvalue weighted by Crippen LogP contribution is -2.20. The molecule has 10 nitrogen and oxygen atoms in total. The van der Waals surface area contributed by atoms with E-state index in [4.69, 9.17) is 15.2 Å². The van der Waals surface area contributed by atoms with Gasteiger partial charge in [-0.2, -0.15) is 5.10 Å². The van der Waals surface area contributed by atoms with E-state index in [9.17, 15) is 9.59 Å². The molecular formula is C19H24N6O4. The number of rotatable bonds is 8. The Morgan fingerprint density at radius 3 is 2.62 bits per heavy atom. The topological polar surface area (TPSA) is 126 Å². The first-order chi connectivity index (χ1) is 13.9. The van der Waals surface area contributed by atoms with Gasteiger partial charge in [0.2, 0.25) is 11.9 Å². The van der Waals surface area contributed by atoms with Crippen LogP contribution < -0.4 is 15.8 Å². The van der Waals surface area contributed by atoms with E-state index in [1.165, 1.54) is 7.11 Å². The summed E-state index contributed by atoms with van der Waals surface area (Å²) in [5.74, 6) is -0.196. The summed E-state index contributed by atoms with van der Waals surface area (Å²) >= 11 is 0. The van der Waals surface area contributed by atoms with E-state index in [1.54, 1.807) is 34.6 Å². The lowest BCUT2D eigenvalue weighted by Gasteiger charge is -2.12. The largest absolute Gasteiger partial charge is 0.494 e. The monoisotopic (exact) mass is 400 g/mol. The molecular weight excluding hydrogens is 376 g/mol. The number of benzene rings is 1. The fraction of sp³-hybridized carbons (Fsp3) is 0.368. The van der Waals surface area contributed by atoms with Crippen LogP contribution in [0.5, 0.6) is 5.75 Å². The molecule has 0 fully saturated rings. The van der Waals surface area contributed by atoms with Gasteiger partial charge in [-0.15, -0.1) is 0 Å². The van der Waals surface area contributed by atoms with Gasteiger partial charge in [-0.3, -0.25) is 19.6 Å². The fourth-order valence-corrected chi connectivity index (χ4v) is 3.16. The highest BCUT2D eigenvalue weighted by Crippen LogP contribution is 2.30. The van der Waals surface area contributed by atoms with Crippen molar-refractivity contribution in [3.8, 4) is 5.75 Å². The maximum absolute atomic E-state index is 12.9. The lowest BCUT2D eigenvalue weighted by molar-refractivity contribution is 0.0995. The molecule has 2 heterocycles. The van der Waals surface area contributed by atoms with Gasteiger partial charge in [-0.25, -0.2) is 4.98 Å². The number of aryl methyl sites for hydroxylation is 2. The maximum Gasteiger partial charge on any atom is 0.276 e. The molecule has 0 atom stereocenters. The molecule has 0 bridgehead atoms. The summed E-state index contributed by atoms with van der Waals surface area (Å²) < 4.78 is 14.0. The summed E-state index contributed by atoms with van der Waals surface area (Å²) in [5.41, 5.74) is 7.97. The van der Waals surface area contributed by atoms with Gasteiger partial charge in [-0.1, -0.05) is 0 Å². The number of hydrogen-bond donors (Lipinski definition) is 2. The third-order valence-corrected chi connectivity index (χ3v) is 4.49. The highest BCUT2D eigenvalue weighted by Gasteiger charge is 2.21. The molecule has 3 rings (SSSR count). The van der Waals surface area contributed by atoms with Gasteiger partial charge in [0, 0.05) is 25.8 Å². The second-order valence-corrected chi connectivity index (χ2v) is 6.43. The maximum atomic E-state index is 12.9. The Morgan fingerprint density at radius 1 is 1.24 bits per heavy atom. The zero-order valence-electron chi connectivity index (χ0n) is 16.9. The predicted molar refractivity (Wildman–Crippen MR) is 107 cm³/mol. The smallest absolute Gasteiger partial charge is 0.276 e. The molecule has 0 aliphatic heterocycles. The van der Waals surface area contributed by atoms with Crippen LogP contribution >= 0.6 is 0 Å². The molecule has 0 radical (unpaired) electrons. The summed E-state index contributed by atoms with van der Waals surface area (Å²) in [6, 6.07) is 4.84. The van der Waals surface area contributed by atoms with Crippen LogP contribution in [-0.2, 0) is 17.8 Å². The molecule has 2 amide bonds. The number of imidazole rings is 1. The molecule has 154 valence electrons. The highest BCUT2D eigenvalue weighted by atomic mass is 16.5. The Kier molecular flexibility index (Phi) is 5.83. The van der Waals surface area contributed by atoms with Gasteiger partial charge in [0.1, 0.15) is 17.0 Å². The van der Waals surface area contributed by atoms with E-state index in [1.807, 2.05) is 13.8 Å². The van der Waals surface area contributed by atoms with Gasteiger partial charge < -0.3 is 19.8 Å². The standard InChI is InChI=1S/C19H24N6O4/c1-5-25-14(8-11(2)23-25)18(27)22-19-21-13-9-12(17(20)26)10-15(29-4)16(13)24(19)6-7-28-3/h8-10H,5-7H2,1-4H3,(H2,20,26)(H,21,22,27). The number of carbonyl (C=O) groups is 2. The normalized spacial score (nSPS) is 11.0. The quantitative estimate of drug-likeness (QED) is 0.591. The summed E-state index contributed by atoms with van der Waals surface area (Å²) in [6.07, 6.45) is 0. The predicted octanol–water partition coefficient (Wildman–Crippen LogP) is 1.57. The van der Waals surface area contributed by atoms with Crippen LogP contribution in [0.15, 0.2) is 18.2 Å². The molecule has 10 heteroatoms. The minimum atomic E-state index is -0.593. The summed E-state index contributed by atoms with van der Waals surface area (Å²) in [7, 11) is 3.08. The first kappa shape index (κ1) is 20.3. The number of nitrogens with one attached hydrogen (secondary N) is 1. The summed E-state index contributed by atoms with van der Waals surface area (Å²) in [6.45, 7) is 5.11. The Bertz CT molecular complexity index is 1070. The average molecular weight is 400 g/mol. The van der Waals surface area contributed by atoms with Crippen LogP contribution in [0.3, 0.4) is 0 Å². The van der Waals surface area contributed by atoms with Gasteiger partial charge in [0.25, 0.3) is 5.91 Å². The van der Waals surface area contributed by atoms with E-state index >= 15 is 0 Å². The lowest BCUT2D eigenvalue weighted by atomic mass is 10.1. The van der Waals surface area contributed by atoms with Gasteiger partial charge in [0.15, 0.2) is 0 Å². The van der Waals surface area contributed by atoms with Crippen molar-refractivity contribution in [2.75, 3.05) is 26.1 Å². The molecule has 0 aliphatic carbocycles. The number of nitrogens with zero attached hydrogens (tertiary/aromatic N) is 4. The van der Waals surface area contributed by atoms with E-state index in [0.717, 1.165) is 5.69 Å². The molecule has 0 aliphatic rings. The second kappa shape index (κ2) is 8.31. The molecule has 0 unspecified atom stereocenters. The van der Waals surface area contributed by atoms with Crippen LogP contribution in [-0.4, -0.2) is 52.0 Å². The van der Waals surface area contributed by atoms with Crippen molar-refractivity contribution in [1.82, 2.24) is 19.3 Å². The second-order valence-electron chi connectivity index (χ2n) is 6.43. The molecule has 29 heavy (non-hydrogen) atoms. The van der Waals surface area contributed by atoms with Crippen LogP contribution in [0.1, 0.15) is 33.5 Å². The van der Waals surface area contributed by atoms with Crippen molar-refractivity contribution in [2.45, 2.75) is 26.9 Å². The summed E-state index contributed by atoms with van der Waals surface area (Å²) in [5, 5.41) is 7.14. The fourth-order valence-electron chi connectivity index (χ4n) is 3.16. The first-order valence-electron chi connectivity index (χ1n) is 9.12. The Labute approximate surface area is 167 Å². The van der Waals surface area contributed by atoms with Crippen molar-refractivity contribution in [2.24, 2.45) is 5.73 Å². The van der Waals surface area contributed by atoms with Crippen molar-refractivity contribution in [3.05, 3.63) is 35.2 Å². The number of fused-ring (bicyclic) bond motifs is 1. The number of amides is 2. The Morgan fingerprint density at radius 2 is 2.00 bits per heavy atom. The van der Waals surface area contributed by atoms with Crippen molar-refractivity contribution < 1.29 is 19.1 Å². The molecule has 3 aromatic rings. The van der Waals surface area contributed by atoms with E-state index < -0.39 is 5.91 Å². The molecule has 0 spiro atoms. The SMILES string of the molecule is CCn1nc(C)cc1C(=O)Nc1nc2cc(C(N)=O)cc(OC)c2n1CCOC. The van der Waals surface area contributed by atoms with Crippen molar-refractivity contribution in [3.63, 3.8) is 0 Å². The third kappa shape index (κ3) is 3.92. The minimum absolute atomic E-state index is 0.267. The van der Waals surface area contributed by atoms with Gasteiger partial charge in [0.05, 0.1) is 24.9 Å². The molecule has 2 aromatic heterocycles. The summed E-state index contributed by atoms with van der Waals surface area (Å²) in [4.78, 5) is 29.0. The molecule has 3 N–H and O–H groups in total. The number of hydrogen-bond acceptors (Lipinski definition) is 6. The molecule has 0 saturated carbocycles. The zero-order chi connectivity index (χ0) is 21.1. The Balaban J connectivity index is 2.10. The molecule has 0 saturated heterocycles. The minimum Gasteiger partial charge on any atom is -0.494 e. The number of nitrogens with two attached hydrogens (primary N) is 1. The van der Waals surface area contributed by atoms with E-state index in [-0.39, 0.29) is 11.5 Å².